The molecule has 126 valence electrons. The summed E-state index contributed by atoms with van der Waals surface area (Å²) in [5.74, 6) is 0. The van der Waals surface area contributed by atoms with E-state index < -0.39 is 22.7 Å². The van der Waals surface area contributed by atoms with Crippen molar-refractivity contribution < 1.29 is 0 Å². The van der Waals surface area contributed by atoms with Gasteiger partial charge in [0.2, 0.25) is 0 Å². The summed E-state index contributed by atoms with van der Waals surface area (Å²) in [5, 5.41) is 0. The summed E-state index contributed by atoms with van der Waals surface area (Å²) >= 11 is 5.22. The van der Waals surface area contributed by atoms with E-state index >= 15 is 0 Å². The second-order valence-electron chi connectivity index (χ2n) is 5.63. The molecule has 0 unspecified atom stereocenters. The second kappa shape index (κ2) is 10.9. The summed E-state index contributed by atoms with van der Waals surface area (Å²) in [6, 6.07) is 33.0. The Kier molecular flexibility index (Phi) is 8.82. The number of nitrogens with zero attached hydrogens (tertiary/aromatic N) is 1. The number of hydrogen-bond donors (Lipinski definition) is 0. The monoisotopic (exact) mass is 607 g/mol. The van der Waals surface area contributed by atoms with E-state index in [1.807, 2.05) is 19.0 Å². The predicted molar refractivity (Wildman–Crippen MR) is 116 cm³/mol. The fraction of sp³-hybridized carbons (Fsp3) is 0.0952. The molecule has 0 aliphatic carbocycles. The summed E-state index contributed by atoms with van der Waals surface area (Å²) in [7, 11) is 3.80. The predicted octanol–water partition coefficient (Wildman–Crippen LogP) is 2.20. The van der Waals surface area contributed by atoms with Gasteiger partial charge >= 0.3 is 174 Å². The van der Waals surface area contributed by atoms with Gasteiger partial charge < -0.3 is 0 Å². The zero-order chi connectivity index (χ0) is 18.1. The molecular formula is C21H21NPbSSe. The van der Waals surface area contributed by atoms with Crippen LogP contribution < -0.4 is 9.37 Å². The van der Waals surface area contributed by atoms with E-state index in [2.05, 4.69) is 119 Å². The van der Waals surface area contributed by atoms with Crippen LogP contribution in [0.2, 0.25) is 0 Å². The van der Waals surface area contributed by atoms with Crippen LogP contribution >= 0.6 is 12.2 Å². The van der Waals surface area contributed by atoms with Crippen molar-refractivity contribution in [1.29, 1.82) is 0 Å². The molecule has 0 atom stereocenters. The first kappa shape index (κ1) is 20.3. The average Bonchev–Trinajstić information content (AvgIpc) is 2.65. The van der Waals surface area contributed by atoms with Crippen molar-refractivity contribution in [1.82, 2.24) is 4.90 Å². The molecule has 0 saturated heterocycles. The summed E-state index contributed by atoms with van der Waals surface area (Å²) < 4.78 is 5.44. The SMILES string of the molecule is CN(C)C(=S)[Se].c1cc[c]([Pb]([c]2ccccc2)[c]2ccccc2)cc1. The molecule has 0 spiro atoms. The number of hydrogen-bond acceptors (Lipinski definition) is 1. The van der Waals surface area contributed by atoms with Crippen molar-refractivity contribution in [2.24, 2.45) is 0 Å². The Balaban J connectivity index is 0.000000326. The second-order valence-corrected chi connectivity index (χ2v) is 17.1. The maximum atomic E-state index is 4.69. The Bertz CT molecular complexity index is 670. The fourth-order valence-electron chi connectivity index (χ4n) is 2.31. The van der Waals surface area contributed by atoms with Gasteiger partial charge in [0.25, 0.3) is 0 Å². The fourth-order valence-corrected chi connectivity index (χ4v) is 12.3. The van der Waals surface area contributed by atoms with Gasteiger partial charge in [0.1, 0.15) is 0 Å². The van der Waals surface area contributed by atoms with E-state index in [0.717, 1.165) is 3.89 Å². The van der Waals surface area contributed by atoms with Gasteiger partial charge in [-0.25, -0.2) is 0 Å². The van der Waals surface area contributed by atoms with Gasteiger partial charge in [-0.05, 0) is 0 Å². The zero-order valence-electron chi connectivity index (χ0n) is 14.4. The Labute approximate surface area is 173 Å². The van der Waals surface area contributed by atoms with Crippen LogP contribution in [0.4, 0.5) is 0 Å². The molecule has 0 aromatic heterocycles. The Morgan fingerprint density at radius 3 is 1.12 bits per heavy atom. The molecule has 4 heteroatoms. The molecule has 1 nitrogen and oxygen atoms in total. The standard InChI is InChI=1S/3C6H5.C3H6NSSe.Pb/c3*1-2-4-6-5-3-1;1-4(2)3(5)6;/h3*1-5H;1-2H3;. The molecule has 0 aliphatic heterocycles. The van der Waals surface area contributed by atoms with Crippen LogP contribution in [0.15, 0.2) is 91.0 Å². The normalized spacial score (nSPS) is 9.88. The van der Waals surface area contributed by atoms with Crippen molar-refractivity contribution in [3.05, 3.63) is 91.0 Å². The van der Waals surface area contributed by atoms with E-state index in [1.54, 1.807) is 9.37 Å². The van der Waals surface area contributed by atoms with E-state index in [9.17, 15) is 0 Å². The summed E-state index contributed by atoms with van der Waals surface area (Å²) in [4.78, 5) is 1.84. The quantitative estimate of drug-likeness (QED) is 0.333. The van der Waals surface area contributed by atoms with E-state index in [-0.39, 0.29) is 0 Å². The molecule has 3 aromatic carbocycles. The van der Waals surface area contributed by atoms with Gasteiger partial charge in [0.15, 0.2) is 0 Å². The minimum atomic E-state index is -2.17. The third kappa shape index (κ3) is 6.66. The van der Waals surface area contributed by atoms with Gasteiger partial charge in [-0.3, -0.25) is 0 Å². The van der Waals surface area contributed by atoms with Crippen LogP contribution in [-0.2, 0) is 0 Å². The molecule has 0 saturated carbocycles. The number of rotatable bonds is 3. The molecule has 0 amide bonds. The van der Waals surface area contributed by atoms with Gasteiger partial charge in [-0.1, -0.05) is 0 Å². The summed E-state index contributed by atoms with van der Waals surface area (Å²) in [5.41, 5.74) is 0. The Hall–Kier alpha value is -1.01. The molecule has 2 radical (unpaired) electrons. The first-order chi connectivity index (χ1) is 12.1. The molecule has 3 aromatic rings. The molecule has 0 N–H and O–H groups in total. The third-order valence-electron chi connectivity index (χ3n) is 3.55. The molecule has 0 fully saturated rings. The molecule has 0 heterocycles. The summed E-state index contributed by atoms with van der Waals surface area (Å²) in [6.45, 7) is 0. The van der Waals surface area contributed by atoms with Gasteiger partial charge in [-0.2, -0.15) is 0 Å². The molecule has 0 bridgehead atoms. The Morgan fingerprint density at radius 1 is 0.680 bits per heavy atom. The van der Waals surface area contributed by atoms with Gasteiger partial charge in [0, 0.05) is 0 Å². The van der Waals surface area contributed by atoms with Gasteiger partial charge in [-0.15, -0.1) is 0 Å². The first-order valence-corrected chi connectivity index (χ1v) is 15.1. The van der Waals surface area contributed by atoms with Crippen molar-refractivity contribution in [2.75, 3.05) is 14.1 Å². The van der Waals surface area contributed by atoms with Crippen LogP contribution in [0.25, 0.3) is 0 Å². The molecule has 25 heavy (non-hydrogen) atoms. The van der Waals surface area contributed by atoms with Gasteiger partial charge in [0.05, 0.1) is 0 Å². The molecule has 3 rings (SSSR count). The minimum absolute atomic E-state index is 0.801. The topological polar surface area (TPSA) is 3.24 Å². The van der Waals surface area contributed by atoms with Crippen LogP contribution in [0.1, 0.15) is 0 Å². The summed E-state index contributed by atoms with van der Waals surface area (Å²) in [6.07, 6.45) is 0. The van der Waals surface area contributed by atoms with E-state index in [4.69, 9.17) is 0 Å². The number of benzene rings is 3. The zero-order valence-corrected chi connectivity index (χ0v) is 20.8. The third-order valence-corrected chi connectivity index (χ3v) is 15.3. The van der Waals surface area contributed by atoms with Crippen LogP contribution in [0.5, 0.6) is 0 Å². The van der Waals surface area contributed by atoms with E-state index in [1.165, 1.54) is 0 Å². The average molecular weight is 606 g/mol. The van der Waals surface area contributed by atoms with Crippen molar-refractivity contribution >= 4 is 64.2 Å². The van der Waals surface area contributed by atoms with Crippen molar-refractivity contribution in [3.8, 4) is 0 Å². The van der Waals surface area contributed by atoms with Crippen LogP contribution in [-0.4, -0.2) is 61.6 Å². The van der Waals surface area contributed by atoms with Crippen LogP contribution in [0.3, 0.4) is 0 Å². The van der Waals surface area contributed by atoms with E-state index in [0.29, 0.717) is 0 Å². The van der Waals surface area contributed by atoms with Crippen molar-refractivity contribution in [3.63, 3.8) is 0 Å². The first-order valence-electron chi connectivity index (χ1n) is 8.01. The molecular weight excluding hydrogens is 584 g/mol. The van der Waals surface area contributed by atoms with Crippen molar-refractivity contribution in [2.45, 2.75) is 0 Å². The Morgan fingerprint density at radius 2 is 0.920 bits per heavy atom. The van der Waals surface area contributed by atoms with Crippen LogP contribution in [0, 0.1) is 0 Å². The number of thiocarbonyl (C=S) groups is 1. The molecule has 0 aliphatic rings. The maximum absolute atomic E-state index is 4.69.